The molecule has 1 saturated heterocycles. The third-order valence-corrected chi connectivity index (χ3v) is 3.19. The number of nitrogens with zero attached hydrogens (tertiary/aromatic N) is 1. The monoisotopic (exact) mass is 309 g/mol. The first-order chi connectivity index (χ1) is 10.4. The molecule has 0 saturated carbocycles. The van der Waals surface area contributed by atoms with Crippen LogP contribution in [0.1, 0.15) is 17.3 Å². The van der Waals surface area contributed by atoms with Crippen LogP contribution in [0, 0.1) is 5.82 Å². The van der Waals surface area contributed by atoms with E-state index in [-0.39, 0.29) is 24.6 Å². The number of carbonyl (C=O) groups excluding carboxylic acids is 3. The summed E-state index contributed by atoms with van der Waals surface area (Å²) in [6.45, 7) is 1.75. The van der Waals surface area contributed by atoms with Crippen LogP contribution in [0.15, 0.2) is 18.2 Å². The molecular formula is C14H16FN3O4. The Labute approximate surface area is 126 Å². The van der Waals surface area contributed by atoms with Gasteiger partial charge in [0.25, 0.3) is 5.91 Å². The number of carbonyl (C=O) groups is 3. The van der Waals surface area contributed by atoms with Gasteiger partial charge in [-0.15, -0.1) is 0 Å². The maximum absolute atomic E-state index is 13.9. The summed E-state index contributed by atoms with van der Waals surface area (Å²) < 4.78 is 19.0. The highest BCUT2D eigenvalue weighted by atomic mass is 19.1. The molecule has 1 heterocycles. The predicted molar refractivity (Wildman–Crippen MR) is 76.1 cm³/mol. The molecule has 3 amide bonds. The highest BCUT2D eigenvalue weighted by molar-refractivity contribution is 5.95. The fourth-order valence-corrected chi connectivity index (χ4v) is 2.09. The molecule has 2 rings (SSSR count). The van der Waals surface area contributed by atoms with Gasteiger partial charge in [0.05, 0.1) is 24.3 Å². The maximum atomic E-state index is 13.9. The fraction of sp³-hybridized carbons (Fsp3) is 0.357. The molecule has 7 nitrogen and oxygen atoms in total. The molecule has 1 aromatic carbocycles. The summed E-state index contributed by atoms with van der Waals surface area (Å²) in [5.74, 6) is -1.50. The molecule has 22 heavy (non-hydrogen) atoms. The lowest BCUT2D eigenvalue weighted by atomic mass is 10.1. The van der Waals surface area contributed by atoms with E-state index in [1.807, 2.05) is 0 Å². The summed E-state index contributed by atoms with van der Waals surface area (Å²) in [6, 6.07) is 3.88. The molecule has 1 atom stereocenters. The molecule has 1 aromatic rings. The molecule has 1 aliphatic heterocycles. The highest BCUT2D eigenvalue weighted by Crippen LogP contribution is 2.23. The van der Waals surface area contributed by atoms with Crippen LogP contribution in [0.2, 0.25) is 0 Å². The third kappa shape index (κ3) is 3.33. The molecule has 8 heteroatoms. The third-order valence-electron chi connectivity index (χ3n) is 3.19. The molecule has 0 unspecified atom stereocenters. The van der Waals surface area contributed by atoms with Crippen LogP contribution in [0.5, 0.6) is 0 Å². The van der Waals surface area contributed by atoms with Crippen molar-refractivity contribution in [3.05, 3.63) is 29.6 Å². The molecular weight excluding hydrogens is 293 g/mol. The lowest BCUT2D eigenvalue weighted by molar-refractivity contribution is -0.119. The second-order valence-electron chi connectivity index (χ2n) is 4.80. The summed E-state index contributed by atoms with van der Waals surface area (Å²) in [5, 5.41) is 4.88. The van der Waals surface area contributed by atoms with E-state index in [4.69, 9.17) is 4.74 Å². The summed E-state index contributed by atoms with van der Waals surface area (Å²) in [5.41, 5.74) is 0.189. The maximum Gasteiger partial charge on any atom is 0.414 e. The lowest BCUT2D eigenvalue weighted by Gasteiger charge is -2.14. The number of hydrogen-bond donors (Lipinski definition) is 2. The average molecular weight is 309 g/mol. The Balaban J connectivity index is 2.12. The number of nitrogens with one attached hydrogen (secondary N) is 2. The molecule has 1 aliphatic rings. The zero-order chi connectivity index (χ0) is 16.3. The first-order valence-electron chi connectivity index (χ1n) is 6.66. The average Bonchev–Trinajstić information content (AvgIpc) is 2.85. The van der Waals surface area contributed by atoms with E-state index in [2.05, 4.69) is 10.6 Å². The normalized spacial score (nSPS) is 17.1. The Hall–Kier alpha value is -2.64. The molecule has 0 spiro atoms. The number of benzene rings is 1. The van der Waals surface area contributed by atoms with Crippen molar-refractivity contribution in [2.75, 3.05) is 25.0 Å². The lowest BCUT2D eigenvalue weighted by Crippen LogP contribution is -2.33. The number of cyclic esters (lactones) is 1. The summed E-state index contributed by atoms with van der Waals surface area (Å²) >= 11 is 0. The van der Waals surface area contributed by atoms with Crippen molar-refractivity contribution in [1.82, 2.24) is 10.6 Å². The van der Waals surface area contributed by atoms with Crippen molar-refractivity contribution < 1.29 is 23.5 Å². The van der Waals surface area contributed by atoms with E-state index in [0.29, 0.717) is 5.69 Å². The van der Waals surface area contributed by atoms with Gasteiger partial charge in [0.1, 0.15) is 11.9 Å². The molecule has 0 bridgehead atoms. The minimum absolute atomic E-state index is 0.103. The van der Waals surface area contributed by atoms with Crippen molar-refractivity contribution in [3.63, 3.8) is 0 Å². The van der Waals surface area contributed by atoms with Gasteiger partial charge in [-0.1, -0.05) is 0 Å². The minimum atomic E-state index is -0.727. The summed E-state index contributed by atoms with van der Waals surface area (Å²) in [6.07, 6.45) is -1.12. The zero-order valence-electron chi connectivity index (χ0n) is 12.2. The Morgan fingerprint density at radius 1 is 1.45 bits per heavy atom. The van der Waals surface area contributed by atoms with Crippen molar-refractivity contribution in [2.24, 2.45) is 0 Å². The number of anilines is 1. The van der Waals surface area contributed by atoms with E-state index in [0.717, 1.165) is 6.07 Å². The summed E-state index contributed by atoms with van der Waals surface area (Å²) in [4.78, 5) is 35.3. The Kier molecular flexibility index (Phi) is 4.59. The van der Waals surface area contributed by atoms with Gasteiger partial charge in [0.15, 0.2) is 0 Å². The van der Waals surface area contributed by atoms with Gasteiger partial charge in [-0.05, 0) is 18.2 Å². The Morgan fingerprint density at radius 2 is 2.18 bits per heavy atom. The van der Waals surface area contributed by atoms with E-state index in [1.54, 1.807) is 0 Å². The Morgan fingerprint density at radius 3 is 2.77 bits per heavy atom. The second kappa shape index (κ2) is 6.42. The Bertz CT molecular complexity index is 620. The van der Waals surface area contributed by atoms with Crippen LogP contribution in [0.3, 0.4) is 0 Å². The van der Waals surface area contributed by atoms with E-state index in [1.165, 1.54) is 31.0 Å². The number of rotatable bonds is 4. The largest absolute Gasteiger partial charge is 0.442 e. The van der Waals surface area contributed by atoms with Crippen molar-refractivity contribution in [2.45, 2.75) is 13.0 Å². The van der Waals surface area contributed by atoms with Gasteiger partial charge in [0.2, 0.25) is 5.91 Å². The first kappa shape index (κ1) is 15.7. The van der Waals surface area contributed by atoms with Crippen LogP contribution < -0.4 is 15.5 Å². The van der Waals surface area contributed by atoms with Crippen molar-refractivity contribution >= 4 is 23.6 Å². The highest BCUT2D eigenvalue weighted by Gasteiger charge is 2.32. The number of ether oxygens (including phenoxy) is 1. The number of amides is 3. The van der Waals surface area contributed by atoms with E-state index < -0.39 is 23.9 Å². The quantitative estimate of drug-likeness (QED) is 0.854. The SMILES string of the molecule is CNC(=O)c1ccc(N2C[C@H](CNC(C)=O)OC2=O)cc1F. The minimum Gasteiger partial charge on any atom is -0.442 e. The van der Waals surface area contributed by atoms with Crippen LogP contribution in [-0.4, -0.2) is 44.1 Å². The molecule has 2 N–H and O–H groups in total. The molecule has 0 aromatic heterocycles. The fourth-order valence-electron chi connectivity index (χ4n) is 2.09. The predicted octanol–water partition coefficient (Wildman–Crippen LogP) is 0.647. The van der Waals surface area contributed by atoms with Gasteiger partial charge in [-0.3, -0.25) is 14.5 Å². The first-order valence-corrected chi connectivity index (χ1v) is 6.66. The molecule has 1 fully saturated rings. The van der Waals surface area contributed by atoms with Crippen LogP contribution in [0.4, 0.5) is 14.9 Å². The van der Waals surface area contributed by atoms with Crippen molar-refractivity contribution in [1.29, 1.82) is 0 Å². The smallest absolute Gasteiger partial charge is 0.414 e. The van der Waals surface area contributed by atoms with Gasteiger partial charge >= 0.3 is 6.09 Å². The zero-order valence-corrected chi connectivity index (χ0v) is 12.2. The topological polar surface area (TPSA) is 87.7 Å². The van der Waals surface area contributed by atoms with Crippen LogP contribution in [0.25, 0.3) is 0 Å². The van der Waals surface area contributed by atoms with Crippen LogP contribution >= 0.6 is 0 Å². The van der Waals surface area contributed by atoms with Gasteiger partial charge in [0, 0.05) is 14.0 Å². The van der Waals surface area contributed by atoms with Gasteiger partial charge in [-0.2, -0.15) is 0 Å². The summed E-state index contributed by atoms with van der Waals surface area (Å²) in [7, 11) is 1.40. The molecule has 118 valence electrons. The van der Waals surface area contributed by atoms with Crippen molar-refractivity contribution in [3.8, 4) is 0 Å². The van der Waals surface area contributed by atoms with Crippen LogP contribution in [-0.2, 0) is 9.53 Å². The number of halogens is 1. The van der Waals surface area contributed by atoms with E-state index >= 15 is 0 Å². The van der Waals surface area contributed by atoms with E-state index in [9.17, 15) is 18.8 Å². The van der Waals surface area contributed by atoms with Gasteiger partial charge in [-0.25, -0.2) is 9.18 Å². The number of hydrogen-bond acceptors (Lipinski definition) is 4. The molecule has 0 aliphatic carbocycles. The molecule has 0 radical (unpaired) electrons. The standard InChI is InChI=1S/C14H16FN3O4/c1-8(19)17-6-10-7-18(14(21)22-10)9-3-4-11(12(15)5-9)13(20)16-2/h3-5,10H,6-7H2,1-2H3,(H,16,20)(H,17,19)/t10-/m0/s1. The van der Waals surface area contributed by atoms with Gasteiger partial charge < -0.3 is 15.4 Å². The second-order valence-corrected chi connectivity index (χ2v) is 4.80.